The molecule has 1 heterocycles. The minimum atomic E-state index is -0.260. The van der Waals surface area contributed by atoms with E-state index in [2.05, 4.69) is 4.98 Å². The van der Waals surface area contributed by atoms with E-state index >= 15 is 0 Å². The van der Waals surface area contributed by atoms with Gasteiger partial charge in [-0.25, -0.2) is 0 Å². The van der Waals surface area contributed by atoms with Crippen molar-refractivity contribution < 1.29 is 0 Å². The highest BCUT2D eigenvalue weighted by Crippen LogP contribution is 2.13. The maximum absolute atomic E-state index is 10.9. The van der Waals surface area contributed by atoms with Gasteiger partial charge < -0.3 is 10.7 Å². The second-order valence-corrected chi connectivity index (χ2v) is 3.15. The number of nitrogens with two attached hydrogens (primary N) is 1. The number of aromatic amines is 1. The molecule has 0 radical (unpaired) electrons. The van der Waals surface area contributed by atoms with Crippen molar-refractivity contribution in [2.24, 2.45) is 5.73 Å². The van der Waals surface area contributed by atoms with Gasteiger partial charge in [-0.3, -0.25) is 4.79 Å². The Bertz CT molecular complexity index is 321. The van der Waals surface area contributed by atoms with Crippen LogP contribution >= 0.6 is 11.6 Å². The van der Waals surface area contributed by atoms with Gasteiger partial charge in [0.2, 0.25) is 0 Å². The maximum Gasteiger partial charge on any atom is 0.266 e. The highest BCUT2D eigenvalue weighted by atomic mass is 35.5. The molecule has 3 N–H and O–H groups in total. The highest BCUT2D eigenvalue weighted by molar-refractivity contribution is 6.30. The lowest BCUT2D eigenvalue weighted by Crippen LogP contribution is -2.12. The molecule has 1 atom stereocenters. The Morgan fingerprint density at radius 1 is 1.75 bits per heavy atom. The molecule has 0 aromatic carbocycles. The number of H-pyrrole nitrogens is 1. The van der Waals surface area contributed by atoms with Crippen molar-refractivity contribution in [2.75, 3.05) is 6.54 Å². The van der Waals surface area contributed by atoms with Crippen molar-refractivity contribution in [3.05, 3.63) is 33.2 Å². The zero-order valence-electron chi connectivity index (χ0n) is 6.80. The molecule has 1 aromatic rings. The third kappa shape index (κ3) is 1.87. The van der Waals surface area contributed by atoms with E-state index < -0.39 is 0 Å². The van der Waals surface area contributed by atoms with Crippen LogP contribution in [-0.2, 0) is 0 Å². The predicted octanol–water partition coefficient (Wildman–Crippen LogP) is 1.09. The molecule has 0 saturated carbocycles. The van der Waals surface area contributed by atoms with Gasteiger partial charge in [-0.1, -0.05) is 18.5 Å². The summed E-state index contributed by atoms with van der Waals surface area (Å²) in [6.07, 6.45) is 1.64. The van der Waals surface area contributed by atoms with Gasteiger partial charge in [0.15, 0.2) is 0 Å². The van der Waals surface area contributed by atoms with Gasteiger partial charge >= 0.3 is 0 Å². The summed E-state index contributed by atoms with van der Waals surface area (Å²) in [5.41, 5.74) is 6.16. The molecule has 4 heteroatoms. The van der Waals surface area contributed by atoms with E-state index in [4.69, 9.17) is 17.3 Å². The molecule has 1 rings (SSSR count). The number of halogens is 1. The summed E-state index contributed by atoms with van der Waals surface area (Å²) in [4.78, 5) is 13.4. The summed E-state index contributed by atoms with van der Waals surface area (Å²) in [6, 6.07) is 1.65. The van der Waals surface area contributed by atoms with Gasteiger partial charge in [0.05, 0.1) is 0 Å². The predicted molar refractivity (Wildman–Crippen MR) is 49.5 cm³/mol. The summed E-state index contributed by atoms with van der Waals surface area (Å²) >= 11 is 5.63. The van der Waals surface area contributed by atoms with Gasteiger partial charge in [-0.2, -0.15) is 0 Å². The Kier molecular flexibility index (Phi) is 2.89. The van der Waals surface area contributed by atoms with Crippen molar-refractivity contribution in [3.8, 4) is 0 Å². The van der Waals surface area contributed by atoms with Gasteiger partial charge in [-0.15, -0.1) is 0 Å². The second kappa shape index (κ2) is 3.74. The third-order valence-electron chi connectivity index (χ3n) is 1.80. The van der Waals surface area contributed by atoms with Gasteiger partial charge in [0, 0.05) is 6.20 Å². The molecule has 0 fully saturated rings. The van der Waals surface area contributed by atoms with Crippen LogP contribution in [0, 0.1) is 0 Å². The molecular formula is C8H11ClN2O. The van der Waals surface area contributed by atoms with E-state index in [0.29, 0.717) is 6.54 Å². The van der Waals surface area contributed by atoms with Crippen LogP contribution in [-0.4, -0.2) is 11.5 Å². The van der Waals surface area contributed by atoms with Crippen LogP contribution in [0.4, 0.5) is 0 Å². The van der Waals surface area contributed by atoms with Gasteiger partial charge in [0.25, 0.3) is 5.56 Å². The third-order valence-corrected chi connectivity index (χ3v) is 2.08. The largest absolute Gasteiger partial charge is 0.330 e. The Morgan fingerprint density at radius 3 is 2.92 bits per heavy atom. The van der Waals surface area contributed by atoms with E-state index in [0.717, 1.165) is 5.56 Å². The standard InChI is InChI=1S/C8H11ClN2O/c1-5(3-10)6-2-7(9)8(12)11-4-6/h2,4-5H,3,10H2,1H3,(H,11,12). The molecule has 0 aliphatic rings. The second-order valence-electron chi connectivity index (χ2n) is 2.75. The van der Waals surface area contributed by atoms with Crippen molar-refractivity contribution in [1.29, 1.82) is 0 Å². The van der Waals surface area contributed by atoms with Crippen molar-refractivity contribution in [1.82, 2.24) is 4.98 Å². The number of hydrogen-bond donors (Lipinski definition) is 2. The summed E-state index contributed by atoms with van der Waals surface area (Å²) in [6.45, 7) is 2.52. The lowest BCUT2D eigenvalue weighted by atomic mass is 10.0. The van der Waals surface area contributed by atoms with E-state index in [9.17, 15) is 4.79 Å². The van der Waals surface area contributed by atoms with E-state index in [1.807, 2.05) is 6.92 Å². The van der Waals surface area contributed by atoms with Crippen LogP contribution in [0.25, 0.3) is 0 Å². The van der Waals surface area contributed by atoms with Crippen molar-refractivity contribution >= 4 is 11.6 Å². The number of hydrogen-bond acceptors (Lipinski definition) is 2. The fourth-order valence-corrected chi connectivity index (χ4v) is 1.07. The molecule has 0 bridgehead atoms. The van der Waals surface area contributed by atoms with Crippen LogP contribution in [0.1, 0.15) is 18.4 Å². The molecule has 1 unspecified atom stereocenters. The zero-order chi connectivity index (χ0) is 9.14. The fraction of sp³-hybridized carbons (Fsp3) is 0.375. The molecule has 0 aliphatic carbocycles. The maximum atomic E-state index is 10.9. The molecule has 0 amide bonds. The first kappa shape index (κ1) is 9.29. The summed E-state index contributed by atoms with van der Waals surface area (Å²) in [5, 5.41) is 0.216. The minimum Gasteiger partial charge on any atom is -0.330 e. The van der Waals surface area contributed by atoms with Gasteiger partial charge in [-0.05, 0) is 24.1 Å². The SMILES string of the molecule is CC(CN)c1c[nH]c(=O)c(Cl)c1. The molecule has 3 nitrogen and oxygen atoms in total. The van der Waals surface area contributed by atoms with E-state index in [-0.39, 0.29) is 16.5 Å². The summed E-state index contributed by atoms with van der Waals surface area (Å²) in [7, 11) is 0. The average Bonchev–Trinajstić information content (AvgIpc) is 2.08. The number of pyridine rings is 1. The topological polar surface area (TPSA) is 58.9 Å². The van der Waals surface area contributed by atoms with Crippen LogP contribution < -0.4 is 11.3 Å². The Labute approximate surface area is 75.6 Å². The lowest BCUT2D eigenvalue weighted by molar-refractivity contribution is 0.768. The normalized spacial score (nSPS) is 12.9. The van der Waals surface area contributed by atoms with Gasteiger partial charge in [0.1, 0.15) is 5.02 Å². The summed E-state index contributed by atoms with van der Waals surface area (Å²) < 4.78 is 0. The summed E-state index contributed by atoms with van der Waals surface area (Å²) in [5.74, 6) is 0.222. The Hall–Kier alpha value is -0.800. The van der Waals surface area contributed by atoms with Crippen LogP contribution in [0.15, 0.2) is 17.1 Å². The molecule has 66 valence electrons. The van der Waals surface area contributed by atoms with E-state index in [1.54, 1.807) is 12.3 Å². The molecule has 1 aromatic heterocycles. The van der Waals surface area contributed by atoms with Crippen molar-refractivity contribution in [2.45, 2.75) is 12.8 Å². The molecule has 0 saturated heterocycles. The quantitative estimate of drug-likeness (QED) is 0.727. The van der Waals surface area contributed by atoms with E-state index in [1.165, 1.54) is 0 Å². The van der Waals surface area contributed by atoms with Crippen LogP contribution in [0.2, 0.25) is 5.02 Å². The number of rotatable bonds is 2. The monoisotopic (exact) mass is 186 g/mol. The van der Waals surface area contributed by atoms with Crippen LogP contribution in [0.3, 0.4) is 0 Å². The highest BCUT2D eigenvalue weighted by Gasteiger charge is 2.04. The first-order chi connectivity index (χ1) is 5.65. The molecule has 0 aliphatic heterocycles. The molecule has 12 heavy (non-hydrogen) atoms. The number of nitrogens with one attached hydrogen (secondary N) is 1. The Morgan fingerprint density at radius 2 is 2.42 bits per heavy atom. The Balaban J connectivity index is 3.04. The molecular weight excluding hydrogens is 176 g/mol. The van der Waals surface area contributed by atoms with Crippen molar-refractivity contribution in [3.63, 3.8) is 0 Å². The number of aromatic nitrogens is 1. The first-order valence-electron chi connectivity index (χ1n) is 3.73. The lowest BCUT2D eigenvalue weighted by Gasteiger charge is -2.07. The first-order valence-corrected chi connectivity index (χ1v) is 4.11. The fourth-order valence-electron chi connectivity index (χ4n) is 0.892. The average molecular weight is 187 g/mol. The van der Waals surface area contributed by atoms with Crippen LogP contribution in [0.5, 0.6) is 0 Å². The molecule has 0 spiro atoms. The minimum absolute atomic E-state index is 0.216. The zero-order valence-corrected chi connectivity index (χ0v) is 7.56. The smallest absolute Gasteiger partial charge is 0.266 e.